The van der Waals surface area contributed by atoms with Crippen molar-refractivity contribution in [3.63, 3.8) is 0 Å². The normalized spacial score (nSPS) is 11.8. The number of hydrogen-bond donors (Lipinski definition) is 2. The zero-order valence-corrected chi connectivity index (χ0v) is 11.4. The number of benzene rings is 2. The van der Waals surface area contributed by atoms with Gasteiger partial charge in [0.25, 0.3) is 0 Å². The molecule has 0 aliphatic carbocycles. The van der Waals surface area contributed by atoms with Gasteiger partial charge < -0.3 is 11.1 Å². The lowest BCUT2D eigenvalue weighted by Crippen LogP contribution is -2.05. The van der Waals surface area contributed by atoms with E-state index in [9.17, 15) is 13.2 Å². The van der Waals surface area contributed by atoms with E-state index in [0.29, 0.717) is 16.5 Å². The van der Waals surface area contributed by atoms with Gasteiger partial charge in [0.1, 0.15) is 0 Å². The van der Waals surface area contributed by atoms with Gasteiger partial charge in [-0.1, -0.05) is 17.4 Å². The van der Waals surface area contributed by atoms with Gasteiger partial charge >= 0.3 is 6.18 Å². The summed E-state index contributed by atoms with van der Waals surface area (Å²) in [5.41, 5.74) is 6.71. The summed E-state index contributed by atoms with van der Waals surface area (Å²) < 4.78 is 38.9. The standard InChI is InChI=1S/C14H10F3N3S/c15-14(16,17)8-2-1-3-10(6-8)19-13-20-11-5-4-9(18)7-12(11)21-13/h1-7H,18H2,(H,19,20). The molecular weight excluding hydrogens is 299 g/mol. The molecule has 0 aliphatic rings. The number of nitrogens with one attached hydrogen (secondary N) is 1. The highest BCUT2D eigenvalue weighted by molar-refractivity contribution is 7.22. The number of hydrogen-bond acceptors (Lipinski definition) is 4. The molecule has 0 amide bonds. The molecule has 0 unspecified atom stereocenters. The van der Waals surface area contributed by atoms with Crippen LogP contribution in [0.4, 0.5) is 29.7 Å². The van der Waals surface area contributed by atoms with Crippen molar-refractivity contribution < 1.29 is 13.2 Å². The van der Waals surface area contributed by atoms with Gasteiger partial charge in [0.2, 0.25) is 0 Å². The fraction of sp³-hybridized carbons (Fsp3) is 0.0714. The first-order valence-corrected chi connectivity index (χ1v) is 6.84. The van der Waals surface area contributed by atoms with Gasteiger partial charge in [-0.3, -0.25) is 0 Å². The van der Waals surface area contributed by atoms with Crippen LogP contribution in [0.3, 0.4) is 0 Å². The molecule has 0 saturated heterocycles. The van der Waals surface area contributed by atoms with E-state index in [1.165, 1.54) is 17.4 Å². The van der Waals surface area contributed by atoms with E-state index in [1.54, 1.807) is 24.3 Å². The summed E-state index contributed by atoms with van der Waals surface area (Å²) in [5, 5.41) is 3.41. The van der Waals surface area contributed by atoms with Crippen molar-refractivity contribution in [2.24, 2.45) is 0 Å². The van der Waals surface area contributed by atoms with Crippen LogP contribution in [-0.4, -0.2) is 4.98 Å². The molecule has 21 heavy (non-hydrogen) atoms. The Labute approximate surface area is 122 Å². The van der Waals surface area contributed by atoms with E-state index in [-0.39, 0.29) is 0 Å². The van der Waals surface area contributed by atoms with Crippen molar-refractivity contribution in [2.75, 3.05) is 11.1 Å². The Morgan fingerprint density at radius 1 is 1.10 bits per heavy atom. The molecule has 3 nitrogen and oxygen atoms in total. The third-order valence-corrected chi connectivity index (χ3v) is 3.79. The van der Waals surface area contributed by atoms with Crippen molar-refractivity contribution in [3.05, 3.63) is 48.0 Å². The Hall–Kier alpha value is -2.28. The lowest BCUT2D eigenvalue weighted by molar-refractivity contribution is -0.137. The first-order valence-electron chi connectivity index (χ1n) is 6.02. The summed E-state index contributed by atoms with van der Waals surface area (Å²) in [7, 11) is 0. The van der Waals surface area contributed by atoms with Crippen molar-refractivity contribution in [2.45, 2.75) is 6.18 Å². The van der Waals surface area contributed by atoms with E-state index < -0.39 is 11.7 Å². The maximum absolute atomic E-state index is 12.7. The zero-order valence-electron chi connectivity index (χ0n) is 10.6. The van der Waals surface area contributed by atoms with E-state index in [1.807, 2.05) is 0 Å². The number of aromatic nitrogens is 1. The van der Waals surface area contributed by atoms with Crippen LogP contribution >= 0.6 is 11.3 Å². The summed E-state index contributed by atoms with van der Waals surface area (Å²) in [6, 6.07) is 10.3. The summed E-state index contributed by atoms with van der Waals surface area (Å²) in [5.74, 6) is 0. The predicted molar refractivity (Wildman–Crippen MR) is 78.8 cm³/mol. The zero-order chi connectivity index (χ0) is 15.0. The van der Waals surface area contributed by atoms with Crippen LogP contribution in [-0.2, 0) is 6.18 Å². The predicted octanol–water partition coefficient (Wildman–Crippen LogP) is 4.64. The number of fused-ring (bicyclic) bond motifs is 1. The Morgan fingerprint density at radius 2 is 1.90 bits per heavy atom. The van der Waals surface area contributed by atoms with Crippen LogP contribution in [0.1, 0.15) is 5.56 Å². The molecule has 0 saturated carbocycles. The van der Waals surface area contributed by atoms with Crippen LogP contribution in [0.25, 0.3) is 10.2 Å². The van der Waals surface area contributed by atoms with Gasteiger partial charge in [-0.2, -0.15) is 13.2 Å². The highest BCUT2D eigenvalue weighted by Gasteiger charge is 2.30. The SMILES string of the molecule is Nc1ccc2nc(Nc3cccc(C(F)(F)F)c3)sc2c1. The summed E-state index contributed by atoms with van der Waals surface area (Å²) >= 11 is 1.34. The van der Waals surface area contributed by atoms with Crippen molar-refractivity contribution in [1.82, 2.24) is 4.98 Å². The number of nitrogens with zero attached hydrogens (tertiary/aromatic N) is 1. The van der Waals surface area contributed by atoms with E-state index in [0.717, 1.165) is 22.3 Å². The molecule has 0 aliphatic heterocycles. The molecule has 1 heterocycles. The average molecular weight is 309 g/mol. The molecule has 0 bridgehead atoms. The largest absolute Gasteiger partial charge is 0.416 e. The molecule has 0 spiro atoms. The third-order valence-electron chi connectivity index (χ3n) is 2.85. The molecule has 2 aromatic carbocycles. The van der Waals surface area contributed by atoms with E-state index >= 15 is 0 Å². The van der Waals surface area contributed by atoms with E-state index in [2.05, 4.69) is 10.3 Å². The molecule has 108 valence electrons. The number of alkyl halides is 3. The monoisotopic (exact) mass is 309 g/mol. The van der Waals surface area contributed by atoms with Crippen LogP contribution in [0.15, 0.2) is 42.5 Å². The van der Waals surface area contributed by atoms with Gasteiger partial charge in [0.05, 0.1) is 15.8 Å². The molecule has 3 aromatic rings. The number of rotatable bonds is 2. The Balaban J connectivity index is 1.91. The summed E-state index contributed by atoms with van der Waals surface area (Å²) in [6.07, 6.45) is -4.36. The van der Waals surface area contributed by atoms with Crippen LogP contribution in [0.2, 0.25) is 0 Å². The van der Waals surface area contributed by atoms with Gasteiger partial charge in [0, 0.05) is 11.4 Å². The minimum atomic E-state index is -4.36. The molecule has 0 radical (unpaired) electrons. The van der Waals surface area contributed by atoms with Crippen LogP contribution < -0.4 is 11.1 Å². The molecule has 0 fully saturated rings. The topological polar surface area (TPSA) is 50.9 Å². The summed E-state index contributed by atoms with van der Waals surface area (Å²) in [6.45, 7) is 0. The highest BCUT2D eigenvalue weighted by atomic mass is 32.1. The molecular formula is C14H10F3N3S. The van der Waals surface area contributed by atoms with Gasteiger partial charge in [0.15, 0.2) is 5.13 Å². The van der Waals surface area contributed by atoms with Gasteiger partial charge in [-0.25, -0.2) is 4.98 Å². The van der Waals surface area contributed by atoms with Gasteiger partial charge in [-0.15, -0.1) is 0 Å². The lowest BCUT2D eigenvalue weighted by atomic mass is 10.2. The van der Waals surface area contributed by atoms with Crippen molar-refractivity contribution in [1.29, 1.82) is 0 Å². The molecule has 7 heteroatoms. The van der Waals surface area contributed by atoms with Crippen LogP contribution in [0.5, 0.6) is 0 Å². The van der Waals surface area contributed by atoms with E-state index in [4.69, 9.17) is 5.73 Å². The number of anilines is 3. The van der Waals surface area contributed by atoms with Crippen molar-refractivity contribution in [3.8, 4) is 0 Å². The second-order valence-corrected chi connectivity index (χ2v) is 5.48. The quantitative estimate of drug-likeness (QED) is 0.678. The Morgan fingerprint density at radius 3 is 2.67 bits per heavy atom. The lowest BCUT2D eigenvalue weighted by Gasteiger charge is -2.08. The molecule has 3 rings (SSSR count). The second kappa shape index (κ2) is 4.92. The Kier molecular flexibility index (Phi) is 3.21. The fourth-order valence-corrected chi connectivity index (χ4v) is 2.83. The Bertz CT molecular complexity index is 796. The number of nitrogens with two attached hydrogens (primary N) is 1. The maximum Gasteiger partial charge on any atom is 0.416 e. The summed E-state index contributed by atoms with van der Waals surface area (Å²) in [4.78, 5) is 4.31. The fourth-order valence-electron chi connectivity index (χ4n) is 1.89. The van der Waals surface area contributed by atoms with Gasteiger partial charge in [-0.05, 0) is 36.4 Å². The maximum atomic E-state index is 12.7. The third kappa shape index (κ3) is 2.92. The number of halogens is 3. The second-order valence-electron chi connectivity index (χ2n) is 4.45. The minimum absolute atomic E-state index is 0.344. The first-order chi connectivity index (χ1) is 9.91. The smallest absolute Gasteiger partial charge is 0.399 e. The average Bonchev–Trinajstić information content (AvgIpc) is 2.79. The number of nitrogen functional groups attached to an aromatic ring is 1. The molecule has 1 aromatic heterocycles. The molecule has 0 atom stereocenters. The molecule has 3 N–H and O–H groups in total. The first kappa shape index (κ1) is 13.7. The highest BCUT2D eigenvalue weighted by Crippen LogP contribution is 2.33. The minimum Gasteiger partial charge on any atom is -0.399 e. The van der Waals surface area contributed by atoms with Crippen molar-refractivity contribution >= 4 is 38.1 Å². The van der Waals surface area contributed by atoms with Crippen LogP contribution in [0, 0.1) is 0 Å². The number of thiazole rings is 1.